The Morgan fingerprint density at radius 1 is 1.20 bits per heavy atom. The Kier molecular flexibility index (Phi) is 4.39. The van der Waals surface area contributed by atoms with E-state index in [9.17, 15) is 8.42 Å². The van der Waals surface area contributed by atoms with E-state index in [-0.39, 0.29) is 17.0 Å². The van der Waals surface area contributed by atoms with Crippen LogP contribution < -0.4 is 4.74 Å². The lowest BCUT2D eigenvalue weighted by Gasteiger charge is -2.37. The Labute approximate surface area is 121 Å². The Morgan fingerprint density at radius 2 is 1.80 bits per heavy atom. The Hall–Kier alpha value is -1.07. The summed E-state index contributed by atoms with van der Waals surface area (Å²) in [6.07, 6.45) is 2.91. The smallest absolute Gasteiger partial charge is 0.247 e. The summed E-state index contributed by atoms with van der Waals surface area (Å²) in [4.78, 5) is 0.278. The first-order valence-corrected chi connectivity index (χ1v) is 8.50. The monoisotopic (exact) mass is 297 g/mol. The molecule has 0 aromatic heterocycles. The number of hydrogen-bond acceptors (Lipinski definition) is 3. The van der Waals surface area contributed by atoms with Crippen LogP contribution in [0.3, 0.4) is 0 Å². The molecule has 20 heavy (non-hydrogen) atoms. The predicted octanol–water partition coefficient (Wildman–Crippen LogP) is 2.96. The van der Waals surface area contributed by atoms with Crippen molar-refractivity contribution in [1.29, 1.82) is 0 Å². The maximum Gasteiger partial charge on any atom is 0.247 e. The second-order valence-corrected chi connectivity index (χ2v) is 7.43. The van der Waals surface area contributed by atoms with Crippen LogP contribution in [0.5, 0.6) is 5.75 Å². The highest BCUT2D eigenvalue weighted by atomic mass is 32.2. The zero-order valence-corrected chi connectivity index (χ0v) is 13.4. The highest BCUT2D eigenvalue weighted by Gasteiger charge is 2.37. The van der Waals surface area contributed by atoms with Gasteiger partial charge in [-0.15, -0.1) is 0 Å². The van der Waals surface area contributed by atoms with Crippen molar-refractivity contribution in [3.63, 3.8) is 0 Å². The first-order chi connectivity index (χ1) is 9.37. The predicted molar refractivity (Wildman–Crippen MR) is 79.5 cm³/mol. The fraction of sp³-hybridized carbons (Fsp3) is 0.600. The van der Waals surface area contributed by atoms with Crippen LogP contribution in [-0.4, -0.2) is 31.9 Å². The molecule has 1 heterocycles. The zero-order valence-electron chi connectivity index (χ0n) is 12.6. The molecule has 112 valence electrons. The third-order valence-corrected chi connectivity index (χ3v) is 6.14. The SMILES string of the molecule is COc1ccc(C)cc1S(=O)(=O)N1[C@H](C)CCC[C@@H]1C. The van der Waals surface area contributed by atoms with Gasteiger partial charge < -0.3 is 4.74 Å². The van der Waals surface area contributed by atoms with Crippen molar-refractivity contribution in [1.82, 2.24) is 4.31 Å². The van der Waals surface area contributed by atoms with Crippen LogP contribution in [0.4, 0.5) is 0 Å². The summed E-state index contributed by atoms with van der Waals surface area (Å²) in [5, 5.41) is 0. The summed E-state index contributed by atoms with van der Waals surface area (Å²) < 4.78 is 32.9. The van der Waals surface area contributed by atoms with E-state index in [2.05, 4.69) is 0 Å². The van der Waals surface area contributed by atoms with Gasteiger partial charge in [0.25, 0.3) is 0 Å². The van der Waals surface area contributed by atoms with Crippen LogP contribution in [0.2, 0.25) is 0 Å². The number of ether oxygens (including phenoxy) is 1. The fourth-order valence-corrected chi connectivity index (χ4v) is 5.10. The molecule has 1 aromatic carbocycles. The molecule has 0 N–H and O–H groups in total. The molecule has 1 aromatic rings. The maximum atomic E-state index is 13.0. The minimum Gasteiger partial charge on any atom is -0.495 e. The van der Waals surface area contributed by atoms with E-state index < -0.39 is 10.0 Å². The topological polar surface area (TPSA) is 46.6 Å². The third-order valence-electron chi connectivity index (χ3n) is 3.99. The molecule has 1 fully saturated rings. The van der Waals surface area contributed by atoms with E-state index in [0.29, 0.717) is 5.75 Å². The number of sulfonamides is 1. The summed E-state index contributed by atoms with van der Waals surface area (Å²) in [7, 11) is -2.01. The van der Waals surface area contributed by atoms with Gasteiger partial charge in [0.15, 0.2) is 0 Å². The molecule has 1 saturated heterocycles. The standard InChI is InChI=1S/C15H23NO3S/c1-11-8-9-14(19-4)15(10-11)20(17,18)16-12(2)6-5-7-13(16)3/h8-10,12-13H,5-7H2,1-4H3/t12-,13+. The molecule has 0 amide bonds. The van der Waals surface area contributed by atoms with Crippen LogP contribution >= 0.6 is 0 Å². The molecular weight excluding hydrogens is 274 g/mol. The normalized spacial score (nSPS) is 24.6. The van der Waals surface area contributed by atoms with Crippen molar-refractivity contribution in [2.75, 3.05) is 7.11 Å². The zero-order chi connectivity index (χ0) is 14.9. The van der Waals surface area contributed by atoms with Crippen LogP contribution in [0.25, 0.3) is 0 Å². The van der Waals surface area contributed by atoms with E-state index in [0.717, 1.165) is 24.8 Å². The number of methoxy groups -OCH3 is 1. The van der Waals surface area contributed by atoms with E-state index >= 15 is 0 Å². The van der Waals surface area contributed by atoms with E-state index in [1.165, 1.54) is 7.11 Å². The molecule has 0 saturated carbocycles. The van der Waals surface area contributed by atoms with Crippen molar-refractivity contribution < 1.29 is 13.2 Å². The van der Waals surface area contributed by atoms with Gasteiger partial charge in [-0.25, -0.2) is 8.42 Å². The summed E-state index contributed by atoms with van der Waals surface area (Å²) in [6.45, 7) is 5.85. The van der Waals surface area contributed by atoms with Crippen molar-refractivity contribution in [2.24, 2.45) is 0 Å². The van der Waals surface area contributed by atoms with E-state index in [1.807, 2.05) is 26.8 Å². The van der Waals surface area contributed by atoms with Gasteiger partial charge in [0.1, 0.15) is 10.6 Å². The van der Waals surface area contributed by atoms with Gasteiger partial charge in [-0.1, -0.05) is 12.5 Å². The number of aryl methyl sites for hydroxylation is 1. The van der Waals surface area contributed by atoms with Gasteiger partial charge in [-0.05, 0) is 51.3 Å². The number of benzene rings is 1. The molecular formula is C15H23NO3S. The lowest BCUT2D eigenvalue weighted by atomic mass is 10.0. The number of nitrogens with zero attached hydrogens (tertiary/aromatic N) is 1. The van der Waals surface area contributed by atoms with Crippen LogP contribution in [0.1, 0.15) is 38.7 Å². The minimum atomic E-state index is -3.52. The number of rotatable bonds is 3. The molecule has 5 heteroatoms. The first-order valence-electron chi connectivity index (χ1n) is 7.06. The summed E-state index contributed by atoms with van der Waals surface area (Å²) in [6, 6.07) is 5.35. The molecule has 1 aliphatic heterocycles. The Morgan fingerprint density at radius 3 is 2.35 bits per heavy atom. The van der Waals surface area contributed by atoms with Crippen LogP contribution in [0.15, 0.2) is 23.1 Å². The first kappa shape index (κ1) is 15.3. The van der Waals surface area contributed by atoms with E-state index in [1.54, 1.807) is 16.4 Å². The highest BCUT2D eigenvalue weighted by molar-refractivity contribution is 7.89. The van der Waals surface area contributed by atoms with Crippen molar-refractivity contribution in [3.8, 4) is 5.75 Å². The average molecular weight is 297 g/mol. The van der Waals surface area contributed by atoms with Crippen molar-refractivity contribution >= 4 is 10.0 Å². The van der Waals surface area contributed by atoms with Crippen LogP contribution in [-0.2, 0) is 10.0 Å². The van der Waals surface area contributed by atoms with Gasteiger partial charge in [0.05, 0.1) is 7.11 Å². The summed E-state index contributed by atoms with van der Waals surface area (Å²) >= 11 is 0. The fourth-order valence-electron chi connectivity index (χ4n) is 2.97. The molecule has 1 aliphatic rings. The van der Waals surface area contributed by atoms with Crippen molar-refractivity contribution in [2.45, 2.75) is 57.0 Å². The second kappa shape index (κ2) is 5.74. The lowest BCUT2D eigenvalue weighted by molar-refractivity contribution is 0.203. The molecule has 2 rings (SSSR count). The largest absolute Gasteiger partial charge is 0.495 e. The number of piperidine rings is 1. The lowest BCUT2D eigenvalue weighted by Crippen LogP contribution is -2.47. The van der Waals surface area contributed by atoms with Crippen molar-refractivity contribution in [3.05, 3.63) is 23.8 Å². The minimum absolute atomic E-state index is 0.0361. The Balaban J connectivity index is 2.51. The van der Waals surface area contributed by atoms with Gasteiger partial charge in [-0.3, -0.25) is 0 Å². The molecule has 2 atom stereocenters. The van der Waals surface area contributed by atoms with E-state index in [4.69, 9.17) is 4.74 Å². The van der Waals surface area contributed by atoms with Gasteiger partial charge >= 0.3 is 0 Å². The van der Waals surface area contributed by atoms with Crippen LogP contribution in [0, 0.1) is 6.92 Å². The number of hydrogen-bond donors (Lipinski definition) is 0. The van der Waals surface area contributed by atoms with Gasteiger partial charge in [0, 0.05) is 12.1 Å². The molecule has 4 nitrogen and oxygen atoms in total. The molecule has 0 aliphatic carbocycles. The molecule has 0 bridgehead atoms. The quantitative estimate of drug-likeness (QED) is 0.861. The summed E-state index contributed by atoms with van der Waals surface area (Å²) in [5.74, 6) is 0.417. The molecule has 0 unspecified atom stereocenters. The maximum absolute atomic E-state index is 13.0. The average Bonchev–Trinajstić information content (AvgIpc) is 2.38. The Bertz CT molecular complexity index is 573. The molecule has 0 spiro atoms. The summed E-state index contributed by atoms with van der Waals surface area (Å²) in [5.41, 5.74) is 0.918. The molecule has 0 radical (unpaired) electrons. The third kappa shape index (κ3) is 2.69. The second-order valence-electron chi connectivity index (χ2n) is 5.62. The van der Waals surface area contributed by atoms with Gasteiger partial charge in [0.2, 0.25) is 10.0 Å². The van der Waals surface area contributed by atoms with Gasteiger partial charge in [-0.2, -0.15) is 4.31 Å². The highest BCUT2D eigenvalue weighted by Crippen LogP contribution is 2.33.